The van der Waals surface area contributed by atoms with Crippen LogP contribution in [0.15, 0.2) is 65.4 Å². The molecule has 0 fully saturated rings. The highest BCUT2D eigenvalue weighted by atomic mass is 32.1. The van der Waals surface area contributed by atoms with E-state index in [0.717, 1.165) is 16.9 Å². The quantitative estimate of drug-likeness (QED) is 0.424. The van der Waals surface area contributed by atoms with Gasteiger partial charge < -0.3 is 4.42 Å². The Hall–Kier alpha value is -4.18. The highest BCUT2D eigenvalue weighted by Gasteiger charge is 2.24. The van der Waals surface area contributed by atoms with Crippen LogP contribution in [-0.4, -0.2) is 36.7 Å². The van der Waals surface area contributed by atoms with Crippen LogP contribution in [0.25, 0.3) is 22.5 Å². The predicted molar refractivity (Wildman–Crippen MR) is 114 cm³/mol. The summed E-state index contributed by atoms with van der Waals surface area (Å²) in [5.41, 5.74) is 2.48. The summed E-state index contributed by atoms with van der Waals surface area (Å²) < 4.78 is 7.04. The standard InChI is InChI=1S/C21H14N6O3S/c1-27-15-11-12(7-8-13(15)25-26-27)20(29)24-21-23-17(16-6-4-10-30-16)19(31-21)18(28)14-5-2-3-9-22-14/h2-11H,1H3,(H,23,24,29). The van der Waals surface area contributed by atoms with Gasteiger partial charge in [-0.05, 0) is 42.5 Å². The fraction of sp³-hybridized carbons (Fsp3) is 0.0476. The lowest BCUT2D eigenvalue weighted by Crippen LogP contribution is -2.11. The van der Waals surface area contributed by atoms with Crippen molar-refractivity contribution in [3.05, 3.63) is 77.1 Å². The maximum absolute atomic E-state index is 13.0. The lowest BCUT2D eigenvalue weighted by molar-refractivity contribution is 0.102. The Labute approximate surface area is 179 Å². The molecule has 152 valence electrons. The molecule has 5 aromatic rings. The Balaban J connectivity index is 1.49. The van der Waals surface area contributed by atoms with Gasteiger partial charge in [-0.15, -0.1) is 5.10 Å². The third-order valence-corrected chi connectivity index (χ3v) is 5.55. The molecule has 5 rings (SSSR count). The Morgan fingerprint density at radius 2 is 2.03 bits per heavy atom. The van der Waals surface area contributed by atoms with Gasteiger partial charge in [0.1, 0.15) is 21.8 Å². The highest BCUT2D eigenvalue weighted by molar-refractivity contribution is 7.18. The summed E-state index contributed by atoms with van der Waals surface area (Å²) >= 11 is 1.07. The monoisotopic (exact) mass is 430 g/mol. The van der Waals surface area contributed by atoms with Crippen LogP contribution in [0, 0.1) is 0 Å². The lowest BCUT2D eigenvalue weighted by atomic mass is 10.1. The molecule has 1 amide bonds. The molecule has 1 aromatic carbocycles. The zero-order chi connectivity index (χ0) is 21.4. The average molecular weight is 430 g/mol. The number of thiazole rings is 1. The van der Waals surface area contributed by atoms with Gasteiger partial charge in [-0.1, -0.05) is 22.6 Å². The van der Waals surface area contributed by atoms with Crippen LogP contribution >= 0.6 is 11.3 Å². The number of furan rings is 1. The van der Waals surface area contributed by atoms with Gasteiger partial charge in [0.2, 0.25) is 5.78 Å². The van der Waals surface area contributed by atoms with Gasteiger partial charge in [-0.3, -0.25) is 19.9 Å². The van der Waals surface area contributed by atoms with Crippen molar-refractivity contribution in [1.82, 2.24) is 25.0 Å². The Bertz CT molecular complexity index is 1410. The first-order valence-corrected chi connectivity index (χ1v) is 10.0. The van der Waals surface area contributed by atoms with Gasteiger partial charge in [0.05, 0.1) is 11.8 Å². The molecule has 0 unspecified atom stereocenters. The second kappa shape index (κ2) is 7.58. The van der Waals surface area contributed by atoms with Gasteiger partial charge in [-0.25, -0.2) is 9.67 Å². The van der Waals surface area contributed by atoms with E-state index in [2.05, 4.69) is 25.6 Å². The summed E-state index contributed by atoms with van der Waals surface area (Å²) in [4.78, 5) is 34.7. The summed E-state index contributed by atoms with van der Waals surface area (Å²) in [7, 11) is 1.75. The highest BCUT2D eigenvalue weighted by Crippen LogP contribution is 2.33. The van der Waals surface area contributed by atoms with Crippen LogP contribution in [0.3, 0.4) is 0 Å². The van der Waals surface area contributed by atoms with Crippen LogP contribution < -0.4 is 5.32 Å². The maximum atomic E-state index is 13.0. The van der Waals surface area contributed by atoms with E-state index in [9.17, 15) is 9.59 Å². The molecule has 0 spiro atoms. The molecule has 0 bridgehead atoms. The third kappa shape index (κ3) is 3.49. The molecule has 0 aliphatic carbocycles. The number of rotatable bonds is 5. The van der Waals surface area contributed by atoms with Crippen molar-refractivity contribution in [2.75, 3.05) is 5.32 Å². The number of nitrogens with zero attached hydrogens (tertiary/aromatic N) is 5. The van der Waals surface area contributed by atoms with Crippen LogP contribution in [0.1, 0.15) is 25.7 Å². The number of hydrogen-bond donors (Lipinski definition) is 1. The summed E-state index contributed by atoms with van der Waals surface area (Å²) in [5.74, 6) is -0.231. The molecule has 31 heavy (non-hydrogen) atoms. The number of anilines is 1. The first kappa shape index (κ1) is 18.8. The van der Waals surface area contributed by atoms with Crippen LogP contribution in [0.5, 0.6) is 0 Å². The minimum absolute atomic E-state index is 0.277. The summed E-state index contributed by atoms with van der Waals surface area (Å²) in [6.45, 7) is 0. The fourth-order valence-corrected chi connectivity index (χ4v) is 3.98. The van der Waals surface area contributed by atoms with E-state index in [-0.39, 0.29) is 22.5 Å². The summed E-state index contributed by atoms with van der Waals surface area (Å²) in [6, 6.07) is 13.6. The topological polar surface area (TPSA) is 116 Å². The molecule has 0 aliphatic rings. The number of pyridine rings is 1. The number of hydrogen-bond acceptors (Lipinski definition) is 8. The number of nitrogens with one attached hydrogen (secondary N) is 1. The molecule has 10 heteroatoms. The van der Waals surface area contributed by atoms with Gasteiger partial charge in [0.15, 0.2) is 10.9 Å². The zero-order valence-electron chi connectivity index (χ0n) is 16.1. The molecule has 1 N–H and O–H groups in total. The van der Waals surface area contributed by atoms with Crippen molar-refractivity contribution in [1.29, 1.82) is 0 Å². The van der Waals surface area contributed by atoms with Crippen molar-refractivity contribution in [3.8, 4) is 11.5 Å². The van der Waals surface area contributed by atoms with Crippen LogP contribution in [0.4, 0.5) is 5.13 Å². The van der Waals surface area contributed by atoms with Crippen molar-refractivity contribution >= 4 is 39.2 Å². The van der Waals surface area contributed by atoms with Gasteiger partial charge >= 0.3 is 0 Å². The zero-order valence-corrected chi connectivity index (χ0v) is 17.0. The number of benzene rings is 1. The molecule has 0 saturated carbocycles. The minimum atomic E-state index is -0.361. The number of aryl methyl sites for hydroxylation is 1. The second-order valence-electron chi connectivity index (χ2n) is 6.59. The smallest absolute Gasteiger partial charge is 0.257 e. The van der Waals surface area contributed by atoms with E-state index in [0.29, 0.717) is 27.4 Å². The number of carbonyl (C=O) groups is 2. The van der Waals surface area contributed by atoms with E-state index in [1.807, 2.05) is 0 Å². The molecule has 9 nitrogen and oxygen atoms in total. The normalized spacial score (nSPS) is 11.0. The van der Waals surface area contributed by atoms with Crippen molar-refractivity contribution in [2.24, 2.45) is 7.05 Å². The molecule has 0 saturated heterocycles. The van der Waals surface area contributed by atoms with Crippen LogP contribution in [0.2, 0.25) is 0 Å². The first-order chi connectivity index (χ1) is 15.1. The van der Waals surface area contributed by atoms with E-state index in [1.54, 1.807) is 66.5 Å². The molecular weight excluding hydrogens is 416 g/mol. The Kier molecular flexibility index (Phi) is 4.60. The fourth-order valence-electron chi connectivity index (χ4n) is 3.06. The molecule has 4 aromatic heterocycles. The van der Waals surface area contributed by atoms with Gasteiger partial charge in [0.25, 0.3) is 5.91 Å². The average Bonchev–Trinajstić information content (AvgIpc) is 3.54. The Morgan fingerprint density at radius 3 is 2.81 bits per heavy atom. The molecule has 0 aliphatic heterocycles. The van der Waals surface area contributed by atoms with Crippen molar-refractivity contribution in [2.45, 2.75) is 0 Å². The second-order valence-corrected chi connectivity index (χ2v) is 7.59. The van der Waals surface area contributed by atoms with Crippen molar-refractivity contribution < 1.29 is 14.0 Å². The number of carbonyl (C=O) groups excluding carboxylic acids is 2. The number of ketones is 1. The van der Waals surface area contributed by atoms with Gasteiger partial charge in [0, 0.05) is 18.8 Å². The van der Waals surface area contributed by atoms with Gasteiger partial charge in [-0.2, -0.15) is 0 Å². The number of amides is 1. The molecule has 0 radical (unpaired) electrons. The summed E-state index contributed by atoms with van der Waals surface area (Å²) in [6.07, 6.45) is 3.05. The Morgan fingerprint density at radius 1 is 1.13 bits per heavy atom. The predicted octanol–water partition coefficient (Wildman–Crippen LogP) is 3.56. The SMILES string of the molecule is Cn1nnc2ccc(C(=O)Nc3nc(-c4ccco4)c(C(=O)c4ccccn4)s3)cc21. The van der Waals surface area contributed by atoms with Crippen molar-refractivity contribution in [3.63, 3.8) is 0 Å². The largest absolute Gasteiger partial charge is 0.463 e. The first-order valence-electron chi connectivity index (χ1n) is 9.21. The number of fused-ring (bicyclic) bond motifs is 1. The lowest BCUT2D eigenvalue weighted by Gasteiger charge is -2.02. The van der Waals surface area contributed by atoms with E-state index >= 15 is 0 Å². The molecule has 4 heterocycles. The molecule has 0 atom stereocenters. The van der Waals surface area contributed by atoms with E-state index in [1.165, 1.54) is 6.26 Å². The number of aromatic nitrogens is 5. The summed E-state index contributed by atoms with van der Waals surface area (Å²) in [5, 5.41) is 11.0. The van der Waals surface area contributed by atoms with E-state index in [4.69, 9.17) is 4.42 Å². The minimum Gasteiger partial charge on any atom is -0.463 e. The van der Waals surface area contributed by atoms with E-state index < -0.39 is 0 Å². The third-order valence-electron chi connectivity index (χ3n) is 4.58. The molecular formula is C21H14N6O3S. The maximum Gasteiger partial charge on any atom is 0.257 e. The van der Waals surface area contributed by atoms with Crippen LogP contribution in [-0.2, 0) is 7.05 Å².